The molecule has 3 heterocycles. The Bertz CT molecular complexity index is 1240. The van der Waals surface area contributed by atoms with Crippen molar-refractivity contribution in [2.75, 3.05) is 36.0 Å². The molecular formula is C25H20F2N4O2. The Kier molecular flexibility index (Phi) is 5.34. The van der Waals surface area contributed by atoms with Crippen LogP contribution in [0.1, 0.15) is 5.56 Å². The Morgan fingerprint density at radius 1 is 0.758 bits per heavy atom. The number of hydrogen-bond donors (Lipinski definition) is 0. The smallest absolute Gasteiger partial charge is 0.282 e. The zero-order valence-electron chi connectivity index (χ0n) is 17.6. The third-order valence-electron chi connectivity index (χ3n) is 5.84. The highest BCUT2D eigenvalue weighted by Gasteiger charge is 2.44. The average molecular weight is 446 g/mol. The third kappa shape index (κ3) is 3.73. The number of anilines is 2. The van der Waals surface area contributed by atoms with Crippen molar-refractivity contribution in [2.45, 2.75) is 0 Å². The van der Waals surface area contributed by atoms with E-state index in [0.717, 1.165) is 28.9 Å². The van der Waals surface area contributed by atoms with Gasteiger partial charge in [0.25, 0.3) is 11.8 Å². The molecule has 2 aliphatic heterocycles. The van der Waals surface area contributed by atoms with E-state index in [0.29, 0.717) is 31.7 Å². The lowest BCUT2D eigenvalue weighted by Gasteiger charge is -2.37. The molecule has 33 heavy (non-hydrogen) atoms. The van der Waals surface area contributed by atoms with Gasteiger partial charge >= 0.3 is 0 Å². The fraction of sp³-hybridized carbons (Fsp3) is 0.160. The van der Waals surface area contributed by atoms with Gasteiger partial charge in [0.15, 0.2) is 0 Å². The Balaban J connectivity index is 1.51. The maximum Gasteiger partial charge on any atom is 0.282 e. The molecule has 2 amide bonds. The molecule has 8 heteroatoms. The molecule has 1 aromatic heterocycles. The second kappa shape index (κ2) is 8.46. The highest BCUT2D eigenvalue weighted by atomic mass is 19.1. The van der Waals surface area contributed by atoms with E-state index in [4.69, 9.17) is 0 Å². The van der Waals surface area contributed by atoms with Crippen LogP contribution in [0.2, 0.25) is 0 Å². The van der Waals surface area contributed by atoms with E-state index in [2.05, 4.69) is 9.88 Å². The van der Waals surface area contributed by atoms with Gasteiger partial charge in [-0.1, -0.05) is 36.4 Å². The van der Waals surface area contributed by atoms with Crippen LogP contribution >= 0.6 is 0 Å². The van der Waals surface area contributed by atoms with Crippen LogP contribution in [0.3, 0.4) is 0 Å². The average Bonchev–Trinajstić information content (AvgIpc) is 3.11. The molecule has 0 N–H and O–H groups in total. The molecule has 0 saturated carbocycles. The van der Waals surface area contributed by atoms with Gasteiger partial charge in [-0.05, 0) is 29.8 Å². The van der Waals surface area contributed by atoms with Gasteiger partial charge in [-0.15, -0.1) is 0 Å². The molecule has 5 rings (SSSR count). The number of aromatic nitrogens is 1. The van der Waals surface area contributed by atoms with Crippen LogP contribution in [0.25, 0.3) is 5.57 Å². The van der Waals surface area contributed by atoms with E-state index in [9.17, 15) is 18.4 Å². The van der Waals surface area contributed by atoms with Crippen molar-refractivity contribution in [3.63, 3.8) is 0 Å². The van der Waals surface area contributed by atoms with Crippen LogP contribution in [-0.4, -0.2) is 47.9 Å². The van der Waals surface area contributed by atoms with Crippen molar-refractivity contribution in [3.8, 4) is 0 Å². The Labute approximate surface area is 189 Å². The van der Waals surface area contributed by atoms with Crippen molar-refractivity contribution >= 4 is 28.9 Å². The molecule has 0 spiro atoms. The standard InChI is InChI=1S/C25H20F2N4O2/c26-18-9-10-19(27)20(16-18)31-24(32)22(17-6-2-1-3-7-17)23(25(31)33)30-14-12-29(13-15-30)21-8-4-5-11-28-21/h1-11,16H,12-15H2. The number of halogens is 2. The fourth-order valence-electron chi connectivity index (χ4n) is 4.25. The first kappa shape index (κ1) is 20.8. The Morgan fingerprint density at radius 2 is 1.45 bits per heavy atom. The summed E-state index contributed by atoms with van der Waals surface area (Å²) in [5.41, 5.74) is 0.559. The van der Waals surface area contributed by atoms with Gasteiger partial charge in [0.2, 0.25) is 0 Å². The van der Waals surface area contributed by atoms with Gasteiger partial charge in [0, 0.05) is 38.4 Å². The van der Waals surface area contributed by atoms with E-state index >= 15 is 0 Å². The first-order valence-corrected chi connectivity index (χ1v) is 10.6. The molecule has 0 aliphatic carbocycles. The van der Waals surface area contributed by atoms with Crippen molar-refractivity contribution in [3.05, 3.63) is 95.8 Å². The summed E-state index contributed by atoms with van der Waals surface area (Å²) in [7, 11) is 0. The first-order chi connectivity index (χ1) is 16.0. The summed E-state index contributed by atoms with van der Waals surface area (Å²) in [4.78, 5) is 36.0. The van der Waals surface area contributed by atoms with Crippen molar-refractivity contribution in [1.82, 2.24) is 9.88 Å². The van der Waals surface area contributed by atoms with Gasteiger partial charge in [0.05, 0.1) is 11.3 Å². The topological polar surface area (TPSA) is 56.8 Å². The summed E-state index contributed by atoms with van der Waals surface area (Å²) in [5.74, 6) is -2.06. The lowest BCUT2D eigenvalue weighted by atomic mass is 10.0. The third-order valence-corrected chi connectivity index (χ3v) is 5.84. The van der Waals surface area contributed by atoms with Crippen LogP contribution in [0.15, 0.2) is 78.6 Å². The largest absolute Gasteiger partial charge is 0.363 e. The maximum atomic E-state index is 14.5. The summed E-state index contributed by atoms with van der Waals surface area (Å²) < 4.78 is 28.4. The quantitative estimate of drug-likeness (QED) is 0.575. The molecule has 2 aliphatic rings. The molecule has 0 radical (unpaired) electrons. The molecule has 6 nitrogen and oxygen atoms in total. The second-order valence-electron chi connectivity index (χ2n) is 7.79. The first-order valence-electron chi connectivity index (χ1n) is 10.6. The van der Waals surface area contributed by atoms with Crippen molar-refractivity contribution in [1.29, 1.82) is 0 Å². The number of carbonyl (C=O) groups is 2. The monoisotopic (exact) mass is 446 g/mol. The van der Waals surface area contributed by atoms with Crippen LogP contribution in [0.5, 0.6) is 0 Å². The molecule has 166 valence electrons. The predicted octanol–water partition coefficient (Wildman–Crippen LogP) is 3.47. The van der Waals surface area contributed by atoms with Crippen molar-refractivity contribution < 1.29 is 18.4 Å². The van der Waals surface area contributed by atoms with Gasteiger partial charge in [0.1, 0.15) is 23.1 Å². The maximum absolute atomic E-state index is 14.5. The van der Waals surface area contributed by atoms with Crippen LogP contribution in [0, 0.1) is 11.6 Å². The van der Waals surface area contributed by atoms with Crippen LogP contribution in [0.4, 0.5) is 20.3 Å². The zero-order chi connectivity index (χ0) is 22.9. The number of hydrogen-bond acceptors (Lipinski definition) is 5. The summed E-state index contributed by atoms with van der Waals surface area (Å²) >= 11 is 0. The minimum atomic E-state index is -0.841. The van der Waals surface area contributed by atoms with E-state index in [1.54, 1.807) is 36.5 Å². The molecule has 2 aromatic carbocycles. The van der Waals surface area contributed by atoms with E-state index in [-0.39, 0.29) is 17.0 Å². The number of carbonyl (C=O) groups excluding carboxylic acids is 2. The van der Waals surface area contributed by atoms with E-state index in [1.165, 1.54) is 0 Å². The Hall–Kier alpha value is -4.07. The SMILES string of the molecule is O=C1C(c2ccccc2)=C(N2CCN(c3ccccn3)CC2)C(=O)N1c1cc(F)ccc1F. The van der Waals surface area contributed by atoms with Gasteiger partial charge < -0.3 is 9.80 Å². The number of imide groups is 1. The number of rotatable bonds is 4. The predicted molar refractivity (Wildman–Crippen MR) is 120 cm³/mol. The van der Waals surface area contributed by atoms with Crippen LogP contribution in [-0.2, 0) is 9.59 Å². The summed E-state index contributed by atoms with van der Waals surface area (Å²) in [6, 6.07) is 17.2. The highest BCUT2D eigenvalue weighted by Crippen LogP contribution is 2.36. The van der Waals surface area contributed by atoms with E-state index in [1.807, 2.05) is 23.1 Å². The minimum absolute atomic E-state index is 0.190. The lowest BCUT2D eigenvalue weighted by molar-refractivity contribution is -0.120. The zero-order valence-corrected chi connectivity index (χ0v) is 17.6. The van der Waals surface area contributed by atoms with E-state index < -0.39 is 23.4 Å². The summed E-state index contributed by atoms with van der Waals surface area (Å²) in [6.07, 6.45) is 1.72. The lowest BCUT2D eigenvalue weighted by Crippen LogP contribution is -2.48. The summed E-state index contributed by atoms with van der Waals surface area (Å²) in [5, 5.41) is 0. The molecule has 3 aromatic rings. The van der Waals surface area contributed by atoms with Crippen LogP contribution < -0.4 is 9.80 Å². The molecule has 0 unspecified atom stereocenters. The normalized spacial score (nSPS) is 16.7. The van der Waals surface area contributed by atoms with Gasteiger partial charge in [-0.25, -0.2) is 18.7 Å². The van der Waals surface area contributed by atoms with Crippen molar-refractivity contribution in [2.24, 2.45) is 0 Å². The number of benzene rings is 2. The molecule has 0 atom stereocenters. The number of piperazine rings is 1. The number of pyridine rings is 1. The number of nitrogens with zero attached hydrogens (tertiary/aromatic N) is 4. The molecular weight excluding hydrogens is 426 g/mol. The molecule has 1 fully saturated rings. The Morgan fingerprint density at radius 3 is 2.15 bits per heavy atom. The summed E-state index contributed by atoms with van der Waals surface area (Å²) in [6.45, 7) is 2.14. The van der Waals surface area contributed by atoms with Gasteiger partial charge in [-0.2, -0.15) is 0 Å². The fourth-order valence-corrected chi connectivity index (χ4v) is 4.25. The highest BCUT2D eigenvalue weighted by molar-refractivity contribution is 6.45. The number of amides is 2. The second-order valence-corrected chi connectivity index (χ2v) is 7.79. The molecule has 1 saturated heterocycles. The molecule has 0 bridgehead atoms. The minimum Gasteiger partial charge on any atom is -0.363 e. The van der Waals surface area contributed by atoms with Gasteiger partial charge in [-0.3, -0.25) is 9.59 Å².